The van der Waals surface area contributed by atoms with Crippen LogP contribution in [0.5, 0.6) is 5.88 Å². The Morgan fingerprint density at radius 3 is 2.32 bits per heavy atom. The summed E-state index contributed by atoms with van der Waals surface area (Å²) in [5.74, 6) is -1.79. The van der Waals surface area contributed by atoms with Crippen LogP contribution >= 0.6 is 0 Å². The molecule has 0 aliphatic heterocycles. The summed E-state index contributed by atoms with van der Waals surface area (Å²) < 4.78 is 48.1. The Bertz CT molecular complexity index is 1380. The van der Waals surface area contributed by atoms with Gasteiger partial charge in [0.05, 0.1) is 5.69 Å². The lowest BCUT2D eigenvalue weighted by Gasteiger charge is -2.24. The summed E-state index contributed by atoms with van der Waals surface area (Å²) >= 11 is 0. The van der Waals surface area contributed by atoms with Gasteiger partial charge < -0.3 is 21.3 Å². The van der Waals surface area contributed by atoms with E-state index in [0.29, 0.717) is 16.7 Å². The Balaban J connectivity index is 1.66. The number of nitrogens with zero attached hydrogens (tertiary/aromatic N) is 4. The van der Waals surface area contributed by atoms with Crippen molar-refractivity contribution in [1.82, 2.24) is 19.9 Å². The molecule has 0 saturated heterocycles. The molecule has 2 atom stereocenters. The van der Waals surface area contributed by atoms with Gasteiger partial charge in [-0.2, -0.15) is 18.2 Å². The van der Waals surface area contributed by atoms with Crippen LogP contribution in [-0.4, -0.2) is 43.2 Å². The number of halogens is 3. The Kier molecular flexibility index (Phi) is 7.30. The van der Waals surface area contributed by atoms with Crippen molar-refractivity contribution in [3.05, 3.63) is 84.4 Å². The van der Waals surface area contributed by atoms with Gasteiger partial charge in [0.25, 0.3) is 0 Å². The second-order valence-corrected chi connectivity index (χ2v) is 8.05. The number of anilines is 1. The van der Waals surface area contributed by atoms with Gasteiger partial charge in [-0.1, -0.05) is 48.5 Å². The number of carboxylic acids is 1. The van der Waals surface area contributed by atoms with Crippen molar-refractivity contribution in [3.8, 4) is 28.3 Å². The highest BCUT2D eigenvalue weighted by molar-refractivity contribution is 5.73. The minimum absolute atomic E-state index is 0.106. The van der Waals surface area contributed by atoms with Crippen molar-refractivity contribution in [2.24, 2.45) is 5.73 Å². The number of hydrogen-bond donors (Lipinski definition) is 3. The average Bonchev–Trinajstić information content (AvgIpc) is 2.87. The molecule has 2 aromatic carbocycles. The number of benzene rings is 2. The Morgan fingerprint density at radius 1 is 1.00 bits per heavy atom. The fourth-order valence-corrected chi connectivity index (χ4v) is 3.66. The molecule has 1 unspecified atom stereocenters. The molecule has 4 rings (SSSR count). The Hall–Kier alpha value is -4.58. The van der Waals surface area contributed by atoms with Crippen LogP contribution in [0.15, 0.2) is 73.3 Å². The number of aliphatic carboxylic acids is 1. The number of rotatable bonds is 8. The molecule has 4 aromatic rings. The lowest BCUT2D eigenvalue weighted by atomic mass is 9.97. The van der Waals surface area contributed by atoms with Gasteiger partial charge in [0.15, 0.2) is 0 Å². The fourth-order valence-electron chi connectivity index (χ4n) is 3.66. The topological polar surface area (TPSA) is 150 Å². The van der Waals surface area contributed by atoms with E-state index in [1.807, 2.05) is 0 Å². The summed E-state index contributed by atoms with van der Waals surface area (Å²) in [5.41, 5.74) is 13.2. The summed E-state index contributed by atoms with van der Waals surface area (Å²) in [6.45, 7) is 0. The van der Waals surface area contributed by atoms with Gasteiger partial charge in [-0.3, -0.25) is 4.79 Å². The summed E-state index contributed by atoms with van der Waals surface area (Å²) in [6.07, 6.45) is -2.96. The van der Waals surface area contributed by atoms with E-state index in [1.165, 1.54) is 43.0 Å². The van der Waals surface area contributed by atoms with Gasteiger partial charge in [0, 0.05) is 35.2 Å². The monoisotopic (exact) mass is 510 g/mol. The fraction of sp³-hybridized carbons (Fsp3) is 0.160. The van der Waals surface area contributed by atoms with E-state index < -0.39 is 24.3 Å². The largest absolute Gasteiger partial charge is 0.480 e. The molecule has 0 bridgehead atoms. The third-order valence-corrected chi connectivity index (χ3v) is 5.39. The zero-order valence-corrected chi connectivity index (χ0v) is 19.1. The molecule has 0 amide bonds. The van der Waals surface area contributed by atoms with E-state index >= 15 is 0 Å². The van der Waals surface area contributed by atoms with Crippen LogP contribution in [0, 0.1) is 0 Å². The van der Waals surface area contributed by atoms with E-state index in [0.717, 1.165) is 0 Å². The van der Waals surface area contributed by atoms with Crippen LogP contribution in [0.1, 0.15) is 17.2 Å². The van der Waals surface area contributed by atoms with Gasteiger partial charge in [-0.05, 0) is 17.5 Å². The maximum absolute atomic E-state index is 14.2. The van der Waals surface area contributed by atoms with E-state index in [9.17, 15) is 18.0 Å². The maximum Gasteiger partial charge on any atom is 0.429 e. The lowest BCUT2D eigenvalue weighted by molar-refractivity contribution is -0.198. The van der Waals surface area contributed by atoms with Crippen LogP contribution in [0.25, 0.3) is 22.4 Å². The molecule has 12 heteroatoms. The van der Waals surface area contributed by atoms with Gasteiger partial charge in [0.1, 0.15) is 12.4 Å². The summed E-state index contributed by atoms with van der Waals surface area (Å²) in [6, 6.07) is 12.6. The Labute approximate surface area is 209 Å². The highest BCUT2D eigenvalue weighted by Gasteiger charge is 2.44. The van der Waals surface area contributed by atoms with E-state index in [1.54, 1.807) is 30.3 Å². The minimum atomic E-state index is -4.80. The number of carbonyl (C=O) groups is 1. The van der Waals surface area contributed by atoms with Crippen molar-refractivity contribution in [2.75, 3.05) is 5.73 Å². The lowest BCUT2D eigenvalue weighted by Crippen LogP contribution is -2.32. The van der Waals surface area contributed by atoms with E-state index in [2.05, 4.69) is 19.9 Å². The molecule has 0 fully saturated rings. The van der Waals surface area contributed by atoms with Crippen molar-refractivity contribution in [2.45, 2.75) is 24.7 Å². The Morgan fingerprint density at radius 2 is 1.68 bits per heavy atom. The van der Waals surface area contributed by atoms with Crippen LogP contribution < -0.4 is 16.2 Å². The zero-order valence-electron chi connectivity index (χ0n) is 19.1. The molecule has 5 N–H and O–H groups in total. The predicted molar refractivity (Wildman–Crippen MR) is 128 cm³/mol. The van der Waals surface area contributed by atoms with Gasteiger partial charge in [0.2, 0.25) is 17.9 Å². The quantitative estimate of drug-likeness (QED) is 0.321. The molecule has 0 radical (unpaired) electrons. The second-order valence-electron chi connectivity index (χ2n) is 8.05. The molecule has 2 heterocycles. The van der Waals surface area contributed by atoms with Crippen molar-refractivity contribution in [3.63, 3.8) is 0 Å². The number of aromatic nitrogens is 4. The molecular formula is C25H21F3N6O3. The second kappa shape index (κ2) is 10.6. The normalized spacial score (nSPS) is 13.1. The number of carboxylic acid groups (broad SMARTS) is 1. The molecule has 0 saturated carbocycles. The first-order chi connectivity index (χ1) is 17.6. The van der Waals surface area contributed by atoms with Crippen molar-refractivity contribution in [1.29, 1.82) is 0 Å². The zero-order chi connectivity index (χ0) is 26.6. The number of nitrogens with two attached hydrogens (primary N) is 2. The van der Waals surface area contributed by atoms with Gasteiger partial charge >= 0.3 is 12.1 Å². The molecule has 0 aliphatic rings. The maximum atomic E-state index is 14.2. The molecular weight excluding hydrogens is 489 g/mol. The van der Waals surface area contributed by atoms with Crippen LogP contribution in [-0.2, 0) is 11.2 Å². The van der Waals surface area contributed by atoms with Crippen molar-refractivity contribution >= 4 is 11.9 Å². The summed E-state index contributed by atoms with van der Waals surface area (Å²) in [5, 5.41) is 8.97. The molecule has 9 nitrogen and oxygen atoms in total. The average molecular weight is 510 g/mol. The highest BCUT2D eigenvalue weighted by Crippen LogP contribution is 2.41. The summed E-state index contributed by atoms with van der Waals surface area (Å²) in [7, 11) is 0. The number of nitrogen functional groups attached to an aromatic ring is 1. The molecule has 190 valence electrons. The number of ether oxygens (including phenoxy) is 1. The number of alkyl halides is 3. The highest BCUT2D eigenvalue weighted by atomic mass is 19.4. The first-order valence-electron chi connectivity index (χ1n) is 10.9. The predicted octanol–water partition coefficient (Wildman–Crippen LogP) is 3.82. The van der Waals surface area contributed by atoms with Crippen LogP contribution in [0.3, 0.4) is 0 Å². The van der Waals surface area contributed by atoms with Crippen molar-refractivity contribution < 1.29 is 27.8 Å². The van der Waals surface area contributed by atoms with Crippen LogP contribution in [0.4, 0.5) is 19.1 Å². The molecule has 37 heavy (non-hydrogen) atoms. The minimum Gasteiger partial charge on any atom is -0.480 e. The third-order valence-electron chi connectivity index (χ3n) is 5.39. The first-order valence-corrected chi connectivity index (χ1v) is 10.9. The SMILES string of the molecule is Nc1nc(O[C@@H](c2ccccc2-c2cncnc2)C(F)(F)F)cc(-c2ccc(CC(N)C(=O)O)cc2)n1. The molecule has 0 spiro atoms. The number of hydrogen-bond acceptors (Lipinski definition) is 8. The standard InChI is InChI=1S/C25H21F3N6O3/c26-25(27,28)22(18-4-2-1-3-17(18)16-11-31-13-32-12-16)37-21-10-20(33-24(30)34-21)15-7-5-14(6-8-15)9-19(29)23(35)36/h1-8,10-13,19,22H,9,29H2,(H,35,36)(H2,30,33,34)/t19?,22-/m0/s1. The summed E-state index contributed by atoms with van der Waals surface area (Å²) in [4.78, 5) is 26.7. The first kappa shape index (κ1) is 25.5. The third kappa shape index (κ3) is 6.16. The smallest absolute Gasteiger partial charge is 0.429 e. The molecule has 2 aromatic heterocycles. The molecule has 0 aliphatic carbocycles. The van der Waals surface area contributed by atoms with E-state index in [-0.39, 0.29) is 35.1 Å². The van der Waals surface area contributed by atoms with Gasteiger partial charge in [-0.15, -0.1) is 0 Å². The van der Waals surface area contributed by atoms with Gasteiger partial charge in [-0.25, -0.2) is 15.0 Å². The van der Waals surface area contributed by atoms with E-state index in [4.69, 9.17) is 21.3 Å². The van der Waals surface area contributed by atoms with Crippen LogP contribution in [0.2, 0.25) is 0 Å².